The van der Waals surface area contributed by atoms with E-state index in [0.29, 0.717) is 24.5 Å². The summed E-state index contributed by atoms with van der Waals surface area (Å²) in [6, 6.07) is 15.9. The third-order valence-corrected chi connectivity index (χ3v) is 10.3. The van der Waals surface area contributed by atoms with Crippen molar-refractivity contribution < 1.29 is 31.1 Å². The van der Waals surface area contributed by atoms with Crippen molar-refractivity contribution in [2.24, 2.45) is 0 Å². The number of morpholine rings is 1. The van der Waals surface area contributed by atoms with Crippen LogP contribution in [0.4, 0.5) is 11.4 Å². The van der Waals surface area contributed by atoms with Crippen LogP contribution in [0, 0.1) is 20.8 Å². The number of nitrogens with one attached hydrogen (secondary N) is 1. The van der Waals surface area contributed by atoms with Gasteiger partial charge in [0.15, 0.2) is 0 Å². The molecule has 0 saturated carbocycles. The number of sulfonamides is 2. The lowest BCUT2D eigenvalue weighted by molar-refractivity contribution is -0.114. The first kappa shape index (κ1) is 29.5. The number of carbonyl (C=O) groups is 1. The van der Waals surface area contributed by atoms with Gasteiger partial charge in [-0.2, -0.15) is 4.31 Å². The predicted molar refractivity (Wildman–Crippen MR) is 153 cm³/mol. The lowest BCUT2D eigenvalue weighted by atomic mass is 10.1. The number of hydrogen-bond acceptors (Lipinski definition) is 7. The average Bonchev–Trinajstić information content (AvgIpc) is 2.93. The van der Waals surface area contributed by atoms with Crippen LogP contribution in [-0.4, -0.2) is 67.0 Å². The average molecular weight is 588 g/mol. The number of aryl methyl sites for hydroxylation is 3. The van der Waals surface area contributed by atoms with Crippen molar-refractivity contribution in [2.45, 2.75) is 30.6 Å². The number of hydrogen-bond donors (Lipinski definition) is 1. The van der Waals surface area contributed by atoms with Crippen LogP contribution in [0.3, 0.4) is 0 Å². The molecule has 10 nitrogen and oxygen atoms in total. The summed E-state index contributed by atoms with van der Waals surface area (Å²) in [5.41, 5.74) is 2.87. The normalized spacial score (nSPS) is 14.5. The summed E-state index contributed by atoms with van der Waals surface area (Å²) in [6.07, 6.45) is 0. The number of amides is 1. The summed E-state index contributed by atoms with van der Waals surface area (Å²) in [4.78, 5) is 13.4. The van der Waals surface area contributed by atoms with Crippen LogP contribution in [-0.2, 0) is 29.6 Å². The molecule has 1 heterocycles. The van der Waals surface area contributed by atoms with Crippen LogP contribution in [0.25, 0.3) is 0 Å². The fourth-order valence-electron chi connectivity index (χ4n) is 4.33. The highest BCUT2D eigenvalue weighted by Gasteiger charge is 2.30. The molecule has 0 spiro atoms. The van der Waals surface area contributed by atoms with Crippen molar-refractivity contribution in [3.05, 3.63) is 77.4 Å². The van der Waals surface area contributed by atoms with Gasteiger partial charge in [-0.25, -0.2) is 16.8 Å². The molecule has 40 heavy (non-hydrogen) atoms. The van der Waals surface area contributed by atoms with Crippen molar-refractivity contribution in [2.75, 3.05) is 49.6 Å². The second kappa shape index (κ2) is 12.0. The highest BCUT2D eigenvalue weighted by atomic mass is 32.2. The fourth-order valence-corrected chi connectivity index (χ4v) is 7.24. The van der Waals surface area contributed by atoms with E-state index in [4.69, 9.17) is 9.47 Å². The van der Waals surface area contributed by atoms with Crippen LogP contribution in [0.2, 0.25) is 0 Å². The van der Waals surface area contributed by atoms with Crippen molar-refractivity contribution in [1.29, 1.82) is 0 Å². The van der Waals surface area contributed by atoms with Crippen LogP contribution < -0.4 is 14.4 Å². The van der Waals surface area contributed by atoms with Crippen molar-refractivity contribution >= 4 is 37.3 Å². The lowest BCUT2D eigenvalue weighted by Crippen LogP contribution is -2.40. The van der Waals surface area contributed by atoms with Gasteiger partial charge in [-0.1, -0.05) is 29.8 Å². The second-order valence-electron chi connectivity index (χ2n) is 9.54. The topological polar surface area (TPSA) is 122 Å². The molecule has 1 fully saturated rings. The Kier molecular flexibility index (Phi) is 8.83. The van der Waals surface area contributed by atoms with E-state index < -0.39 is 32.5 Å². The maximum absolute atomic E-state index is 13.8. The Labute approximate surface area is 235 Å². The van der Waals surface area contributed by atoms with E-state index in [2.05, 4.69) is 5.32 Å². The molecule has 214 valence electrons. The molecule has 1 aliphatic heterocycles. The maximum atomic E-state index is 13.8. The number of benzene rings is 3. The van der Waals surface area contributed by atoms with E-state index in [1.165, 1.54) is 41.7 Å². The monoisotopic (exact) mass is 587 g/mol. The lowest BCUT2D eigenvalue weighted by Gasteiger charge is -2.27. The van der Waals surface area contributed by atoms with Gasteiger partial charge >= 0.3 is 0 Å². The summed E-state index contributed by atoms with van der Waals surface area (Å²) in [7, 11) is -6.58. The van der Waals surface area contributed by atoms with Crippen LogP contribution in [0.15, 0.2) is 70.5 Å². The Hall–Kier alpha value is -3.45. The Morgan fingerprint density at radius 2 is 1.52 bits per heavy atom. The summed E-state index contributed by atoms with van der Waals surface area (Å²) in [5.74, 6) is -0.440. The molecule has 0 aromatic heterocycles. The smallest absolute Gasteiger partial charge is 0.264 e. The van der Waals surface area contributed by atoms with Gasteiger partial charge in [0.1, 0.15) is 12.3 Å². The molecule has 1 N–H and O–H groups in total. The van der Waals surface area contributed by atoms with Crippen molar-refractivity contribution in [3.63, 3.8) is 0 Å². The molecule has 3 aromatic rings. The minimum Gasteiger partial charge on any atom is -0.495 e. The molecule has 1 amide bonds. The SMILES string of the molecule is COc1ccc(S(=O)(=O)N2CCOCC2)cc1NC(=O)CN(c1cc(C)ccc1C)S(=O)(=O)c1ccc(C)cc1. The molecule has 1 aliphatic rings. The third kappa shape index (κ3) is 6.30. The van der Waals surface area contributed by atoms with Gasteiger partial charge in [0.25, 0.3) is 10.0 Å². The number of rotatable bonds is 9. The first-order valence-electron chi connectivity index (χ1n) is 12.7. The largest absolute Gasteiger partial charge is 0.495 e. The maximum Gasteiger partial charge on any atom is 0.264 e. The number of ether oxygens (including phenoxy) is 2. The number of anilines is 2. The van der Waals surface area contributed by atoms with Gasteiger partial charge < -0.3 is 14.8 Å². The molecule has 0 bridgehead atoms. The highest BCUT2D eigenvalue weighted by Crippen LogP contribution is 2.31. The first-order chi connectivity index (χ1) is 18.9. The third-order valence-electron chi connectivity index (χ3n) is 6.58. The Morgan fingerprint density at radius 3 is 2.17 bits per heavy atom. The van der Waals surface area contributed by atoms with Crippen molar-refractivity contribution in [3.8, 4) is 5.75 Å². The van der Waals surface area contributed by atoms with Crippen LogP contribution >= 0.6 is 0 Å². The van der Waals surface area contributed by atoms with E-state index in [9.17, 15) is 21.6 Å². The zero-order valence-corrected chi connectivity index (χ0v) is 24.5. The van der Waals surface area contributed by atoms with Gasteiger partial charge in [0.05, 0.1) is 41.5 Å². The molecule has 3 aromatic carbocycles. The van der Waals surface area contributed by atoms with Gasteiger partial charge in [0.2, 0.25) is 15.9 Å². The predicted octanol–water partition coefficient (Wildman–Crippen LogP) is 3.48. The first-order valence-corrected chi connectivity index (χ1v) is 15.5. The fraction of sp³-hybridized carbons (Fsp3) is 0.321. The quantitative estimate of drug-likeness (QED) is 0.407. The molecule has 12 heteroatoms. The van der Waals surface area contributed by atoms with Gasteiger partial charge in [-0.3, -0.25) is 9.10 Å². The molecule has 0 atom stereocenters. The highest BCUT2D eigenvalue weighted by molar-refractivity contribution is 7.92. The number of nitrogens with zero attached hydrogens (tertiary/aromatic N) is 2. The Balaban J connectivity index is 1.68. The minimum absolute atomic E-state index is 0.0239. The molecular formula is C28H33N3O7S2. The Bertz CT molecular complexity index is 1600. The molecule has 0 radical (unpaired) electrons. The summed E-state index contributed by atoms with van der Waals surface area (Å²) in [6.45, 7) is 5.94. The molecule has 4 rings (SSSR count). The van der Waals surface area contributed by atoms with Gasteiger partial charge in [0, 0.05) is 13.1 Å². The molecule has 0 unspecified atom stereocenters. The van der Waals surface area contributed by atoms with Crippen molar-refractivity contribution in [1.82, 2.24) is 4.31 Å². The second-order valence-corrected chi connectivity index (χ2v) is 13.3. The van der Waals surface area contributed by atoms with E-state index >= 15 is 0 Å². The minimum atomic E-state index is -4.13. The zero-order valence-electron chi connectivity index (χ0n) is 22.9. The molecule has 1 saturated heterocycles. The number of carbonyl (C=O) groups excluding carboxylic acids is 1. The van der Waals surface area contributed by atoms with Crippen LogP contribution in [0.5, 0.6) is 5.75 Å². The molecular weight excluding hydrogens is 554 g/mol. The van der Waals surface area contributed by atoms with E-state index in [-0.39, 0.29) is 34.3 Å². The van der Waals surface area contributed by atoms with E-state index in [0.717, 1.165) is 15.4 Å². The summed E-state index contributed by atoms with van der Waals surface area (Å²) in [5, 5.41) is 2.67. The molecule has 0 aliphatic carbocycles. The standard InChI is InChI=1S/C28H33N3O7S2/c1-20-6-9-23(10-7-20)40(35,36)31(26-17-21(2)5-8-22(26)3)19-28(32)29-25-18-24(11-12-27(25)37-4)39(33,34)30-13-15-38-16-14-30/h5-12,17-18H,13-16,19H2,1-4H3,(H,29,32). The summed E-state index contributed by atoms with van der Waals surface area (Å²) >= 11 is 0. The number of methoxy groups -OCH3 is 1. The van der Waals surface area contributed by atoms with E-state index in [1.807, 2.05) is 19.9 Å². The van der Waals surface area contributed by atoms with Gasteiger partial charge in [-0.15, -0.1) is 0 Å². The summed E-state index contributed by atoms with van der Waals surface area (Å²) < 4.78 is 67.0. The van der Waals surface area contributed by atoms with Crippen LogP contribution in [0.1, 0.15) is 16.7 Å². The van der Waals surface area contributed by atoms with E-state index in [1.54, 1.807) is 31.2 Å². The van der Waals surface area contributed by atoms with Gasteiger partial charge in [-0.05, 0) is 68.3 Å². The Morgan fingerprint density at radius 1 is 0.900 bits per heavy atom. The zero-order chi connectivity index (χ0) is 29.1.